The molecule has 0 aliphatic heterocycles. The van der Waals surface area contributed by atoms with Crippen molar-refractivity contribution in [2.45, 2.75) is 6.92 Å². The maximum Gasteiger partial charge on any atom is 0.361 e. The first-order chi connectivity index (χ1) is 10.7. The summed E-state index contributed by atoms with van der Waals surface area (Å²) in [5.74, 6) is -0.605. The van der Waals surface area contributed by atoms with Crippen molar-refractivity contribution < 1.29 is 23.8 Å². The van der Waals surface area contributed by atoms with E-state index < -0.39 is 11.9 Å². The first kappa shape index (κ1) is 15.5. The third-order valence-corrected chi connectivity index (χ3v) is 2.71. The second-order valence-corrected chi connectivity index (χ2v) is 4.13. The molecule has 0 fully saturated rings. The number of aromatic amines is 1. The molecule has 0 spiro atoms. The number of carbonyl (C=O) groups excluding carboxylic acids is 2. The molecule has 0 amide bonds. The second kappa shape index (κ2) is 7.21. The van der Waals surface area contributed by atoms with Gasteiger partial charge in [-0.3, -0.25) is 0 Å². The minimum absolute atomic E-state index is 0.0898. The van der Waals surface area contributed by atoms with Crippen LogP contribution in [-0.2, 0) is 14.3 Å². The van der Waals surface area contributed by atoms with Gasteiger partial charge >= 0.3 is 11.9 Å². The number of benzene rings is 1. The summed E-state index contributed by atoms with van der Waals surface area (Å²) in [5.41, 5.74) is 1.05. The van der Waals surface area contributed by atoms with E-state index in [9.17, 15) is 9.59 Å². The smallest absolute Gasteiger partial charge is 0.361 e. The molecule has 22 heavy (non-hydrogen) atoms. The number of ether oxygens (including phenoxy) is 3. The van der Waals surface area contributed by atoms with Crippen LogP contribution in [0.3, 0.4) is 0 Å². The van der Waals surface area contributed by atoms with Crippen molar-refractivity contribution in [2.75, 3.05) is 20.3 Å². The molecular formula is C14H15N3O5. The standard InChI is InChI=1S/C14H15N3O5/c1-3-21-14(19)13-12(15-17-16-13)9-5-4-6-10(7-9)22-8-11(18)20-2/h4-7H,3,8H2,1-2H3,(H,15,16,17). The molecule has 0 unspecified atom stereocenters. The van der Waals surface area contributed by atoms with Crippen molar-refractivity contribution in [1.29, 1.82) is 0 Å². The molecule has 2 rings (SSSR count). The Hall–Kier alpha value is -2.90. The topological polar surface area (TPSA) is 103 Å². The molecule has 0 aliphatic rings. The van der Waals surface area contributed by atoms with E-state index in [2.05, 4.69) is 20.1 Å². The van der Waals surface area contributed by atoms with Gasteiger partial charge in [0.1, 0.15) is 11.4 Å². The van der Waals surface area contributed by atoms with Crippen molar-refractivity contribution in [3.8, 4) is 17.0 Å². The molecule has 1 heterocycles. The Morgan fingerprint density at radius 1 is 1.27 bits per heavy atom. The maximum atomic E-state index is 11.8. The predicted octanol–water partition coefficient (Wildman–Crippen LogP) is 1.20. The van der Waals surface area contributed by atoms with Crippen molar-refractivity contribution in [3.63, 3.8) is 0 Å². The zero-order valence-corrected chi connectivity index (χ0v) is 12.2. The first-order valence-electron chi connectivity index (χ1n) is 6.53. The number of nitrogens with one attached hydrogen (secondary N) is 1. The third kappa shape index (κ3) is 3.60. The second-order valence-electron chi connectivity index (χ2n) is 4.13. The van der Waals surface area contributed by atoms with Crippen LogP contribution in [0.5, 0.6) is 5.75 Å². The molecule has 0 saturated heterocycles. The van der Waals surface area contributed by atoms with Gasteiger partial charge in [0.05, 0.1) is 13.7 Å². The van der Waals surface area contributed by atoms with Gasteiger partial charge in [-0.25, -0.2) is 9.59 Å². The molecule has 0 radical (unpaired) electrons. The Labute approximate surface area is 126 Å². The highest BCUT2D eigenvalue weighted by Gasteiger charge is 2.19. The van der Waals surface area contributed by atoms with E-state index in [0.29, 0.717) is 17.0 Å². The van der Waals surface area contributed by atoms with Gasteiger partial charge in [-0.05, 0) is 19.1 Å². The van der Waals surface area contributed by atoms with Crippen LogP contribution in [0.15, 0.2) is 24.3 Å². The Balaban J connectivity index is 2.21. The van der Waals surface area contributed by atoms with Gasteiger partial charge in [0.25, 0.3) is 0 Å². The van der Waals surface area contributed by atoms with Crippen LogP contribution in [0.1, 0.15) is 17.4 Å². The lowest BCUT2D eigenvalue weighted by molar-refractivity contribution is -0.142. The molecule has 0 saturated carbocycles. The summed E-state index contributed by atoms with van der Waals surface area (Å²) in [4.78, 5) is 22.9. The van der Waals surface area contributed by atoms with Crippen molar-refractivity contribution in [2.24, 2.45) is 0 Å². The molecule has 8 nitrogen and oxygen atoms in total. The Bertz CT molecular complexity index is 668. The van der Waals surface area contributed by atoms with Crippen LogP contribution in [0.2, 0.25) is 0 Å². The predicted molar refractivity (Wildman–Crippen MR) is 75.3 cm³/mol. The van der Waals surface area contributed by atoms with Crippen molar-refractivity contribution >= 4 is 11.9 Å². The molecule has 1 aromatic carbocycles. The normalized spacial score (nSPS) is 10.1. The van der Waals surface area contributed by atoms with Gasteiger partial charge in [-0.15, -0.1) is 5.10 Å². The quantitative estimate of drug-likeness (QED) is 0.800. The fraction of sp³-hybridized carbons (Fsp3) is 0.286. The van der Waals surface area contributed by atoms with E-state index in [1.807, 2.05) is 0 Å². The highest BCUT2D eigenvalue weighted by Crippen LogP contribution is 2.24. The number of hydrogen-bond donors (Lipinski definition) is 1. The van der Waals surface area contributed by atoms with E-state index in [0.717, 1.165) is 0 Å². The summed E-state index contributed by atoms with van der Waals surface area (Å²) in [6.45, 7) is 1.75. The minimum Gasteiger partial charge on any atom is -0.482 e. The zero-order valence-electron chi connectivity index (χ0n) is 12.2. The fourth-order valence-electron chi connectivity index (χ4n) is 1.71. The molecule has 8 heteroatoms. The van der Waals surface area contributed by atoms with Gasteiger partial charge in [-0.1, -0.05) is 12.1 Å². The highest BCUT2D eigenvalue weighted by atomic mass is 16.6. The number of aromatic nitrogens is 3. The van der Waals surface area contributed by atoms with Crippen LogP contribution >= 0.6 is 0 Å². The van der Waals surface area contributed by atoms with E-state index in [4.69, 9.17) is 9.47 Å². The van der Waals surface area contributed by atoms with Crippen molar-refractivity contribution in [3.05, 3.63) is 30.0 Å². The first-order valence-corrected chi connectivity index (χ1v) is 6.53. The van der Waals surface area contributed by atoms with E-state index >= 15 is 0 Å². The molecule has 0 bridgehead atoms. The third-order valence-electron chi connectivity index (χ3n) is 2.71. The number of rotatable bonds is 6. The van der Waals surface area contributed by atoms with E-state index in [1.54, 1.807) is 31.2 Å². The van der Waals surface area contributed by atoms with Gasteiger partial charge in [-0.2, -0.15) is 10.3 Å². The van der Waals surface area contributed by atoms with E-state index in [-0.39, 0.29) is 18.9 Å². The molecule has 2 aromatic rings. The van der Waals surface area contributed by atoms with Gasteiger partial charge < -0.3 is 14.2 Å². The van der Waals surface area contributed by atoms with Gasteiger partial charge in [0.15, 0.2) is 12.3 Å². The number of H-pyrrole nitrogens is 1. The molecule has 1 N–H and O–H groups in total. The zero-order chi connectivity index (χ0) is 15.9. The maximum absolute atomic E-state index is 11.8. The Kier molecular flexibility index (Phi) is 5.07. The lowest BCUT2D eigenvalue weighted by atomic mass is 10.1. The number of methoxy groups -OCH3 is 1. The van der Waals surface area contributed by atoms with Crippen LogP contribution in [0.25, 0.3) is 11.3 Å². The van der Waals surface area contributed by atoms with Gasteiger partial charge in [0.2, 0.25) is 0 Å². The largest absolute Gasteiger partial charge is 0.482 e. The molecular weight excluding hydrogens is 290 g/mol. The van der Waals surface area contributed by atoms with Crippen LogP contribution < -0.4 is 4.74 Å². The average molecular weight is 305 g/mol. The number of carbonyl (C=O) groups is 2. The van der Waals surface area contributed by atoms with Crippen LogP contribution in [-0.4, -0.2) is 47.7 Å². The van der Waals surface area contributed by atoms with Crippen molar-refractivity contribution in [1.82, 2.24) is 15.4 Å². The lowest BCUT2D eigenvalue weighted by Crippen LogP contribution is -2.12. The Morgan fingerprint density at radius 2 is 2.09 bits per heavy atom. The summed E-state index contributed by atoms with van der Waals surface area (Å²) in [5, 5.41) is 10.2. The molecule has 0 aliphatic carbocycles. The molecule has 1 aromatic heterocycles. The molecule has 116 valence electrons. The van der Waals surface area contributed by atoms with Gasteiger partial charge in [0, 0.05) is 5.56 Å². The Morgan fingerprint density at radius 3 is 2.82 bits per heavy atom. The fourth-order valence-corrected chi connectivity index (χ4v) is 1.71. The number of nitrogens with zero attached hydrogens (tertiary/aromatic N) is 2. The minimum atomic E-state index is -0.563. The summed E-state index contributed by atoms with van der Waals surface area (Å²) in [6.07, 6.45) is 0. The highest BCUT2D eigenvalue weighted by molar-refractivity contribution is 5.93. The molecule has 0 atom stereocenters. The summed E-state index contributed by atoms with van der Waals surface area (Å²) < 4.78 is 14.7. The van der Waals surface area contributed by atoms with Crippen LogP contribution in [0.4, 0.5) is 0 Å². The average Bonchev–Trinajstić information content (AvgIpc) is 3.03. The summed E-state index contributed by atoms with van der Waals surface area (Å²) in [6, 6.07) is 6.78. The number of esters is 2. The lowest BCUT2D eigenvalue weighted by Gasteiger charge is -2.06. The summed E-state index contributed by atoms with van der Waals surface area (Å²) >= 11 is 0. The monoisotopic (exact) mass is 305 g/mol. The van der Waals surface area contributed by atoms with E-state index in [1.165, 1.54) is 7.11 Å². The number of hydrogen-bond acceptors (Lipinski definition) is 7. The SMILES string of the molecule is CCOC(=O)c1n[nH]nc1-c1cccc(OCC(=O)OC)c1. The summed E-state index contributed by atoms with van der Waals surface area (Å²) in [7, 11) is 1.28. The van der Waals surface area contributed by atoms with Crippen LogP contribution in [0, 0.1) is 0 Å².